The minimum Gasteiger partial charge on any atom is -0.363 e. The average Bonchev–Trinajstić information content (AvgIpc) is 2.58. The Labute approximate surface area is 109 Å². The zero-order valence-corrected chi connectivity index (χ0v) is 11.6. The second kappa shape index (κ2) is 4.87. The summed E-state index contributed by atoms with van der Waals surface area (Å²) < 4.78 is 5.97. The maximum absolute atomic E-state index is 5.16. The van der Waals surface area contributed by atoms with Gasteiger partial charge in [0, 0.05) is 5.56 Å². The summed E-state index contributed by atoms with van der Waals surface area (Å²) in [6, 6.07) is 5.88. The highest BCUT2D eigenvalue weighted by atomic mass is 79.9. The molecule has 0 aliphatic rings. The molecule has 0 radical (unpaired) electrons. The van der Waals surface area contributed by atoms with Gasteiger partial charge in [-0.15, -0.1) is 0 Å². The molecular formula is C12H14BrN3O. The van der Waals surface area contributed by atoms with Crippen LogP contribution in [0.5, 0.6) is 0 Å². The van der Waals surface area contributed by atoms with E-state index in [9.17, 15) is 0 Å². The average molecular weight is 296 g/mol. The predicted molar refractivity (Wildman–Crippen MR) is 70.0 cm³/mol. The molecule has 0 saturated heterocycles. The summed E-state index contributed by atoms with van der Waals surface area (Å²) in [5.74, 6) is 1.67. The second-order valence-electron chi connectivity index (χ2n) is 3.95. The number of nitrogens with zero attached hydrogens (tertiary/aromatic N) is 2. The Hall–Kier alpha value is -1.36. The minimum absolute atomic E-state index is 0.114. The molecule has 2 aromatic heterocycles. The molecule has 0 aliphatic heterocycles. The number of hydrogen-bond donors (Lipinski definition) is 1. The maximum atomic E-state index is 5.16. The fraction of sp³-hybridized carbons (Fsp3) is 0.333. The van der Waals surface area contributed by atoms with Crippen molar-refractivity contribution < 1.29 is 4.52 Å². The molecule has 0 aliphatic carbocycles. The van der Waals surface area contributed by atoms with Crippen LogP contribution < -0.4 is 5.32 Å². The molecule has 0 fully saturated rings. The number of nitrogens with one attached hydrogen (secondary N) is 1. The molecule has 5 heteroatoms. The van der Waals surface area contributed by atoms with Gasteiger partial charge in [0.1, 0.15) is 16.2 Å². The van der Waals surface area contributed by atoms with E-state index in [1.165, 1.54) is 0 Å². The Morgan fingerprint density at radius 3 is 2.71 bits per heavy atom. The third-order valence-electron chi connectivity index (χ3n) is 2.60. The van der Waals surface area contributed by atoms with Crippen molar-refractivity contribution in [1.29, 1.82) is 0 Å². The molecule has 0 aromatic carbocycles. The number of halogens is 1. The minimum atomic E-state index is 0.114. The van der Waals surface area contributed by atoms with E-state index < -0.39 is 0 Å². The summed E-state index contributed by atoms with van der Waals surface area (Å²) in [5, 5.41) is 7.28. The first kappa shape index (κ1) is 12.1. The number of aryl methyl sites for hydroxylation is 2. The summed E-state index contributed by atoms with van der Waals surface area (Å²) in [6.07, 6.45) is 0. The molecule has 0 amide bonds. The van der Waals surface area contributed by atoms with Gasteiger partial charge in [0.2, 0.25) is 0 Å². The molecule has 1 atom stereocenters. The van der Waals surface area contributed by atoms with E-state index in [0.717, 1.165) is 27.4 Å². The van der Waals surface area contributed by atoms with Gasteiger partial charge in [0.05, 0.1) is 11.7 Å². The topological polar surface area (TPSA) is 51.0 Å². The van der Waals surface area contributed by atoms with Crippen molar-refractivity contribution in [3.05, 3.63) is 39.8 Å². The van der Waals surface area contributed by atoms with Gasteiger partial charge < -0.3 is 9.84 Å². The first-order chi connectivity index (χ1) is 8.08. The zero-order valence-electron chi connectivity index (χ0n) is 9.99. The lowest BCUT2D eigenvalue weighted by Gasteiger charge is -2.14. The summed E-state index contributed by atoms with van der Waals surface area (Å²) >= 11 is 3.35. The number of hydrogen-bond acceptors (Lipinski definition) is 4. The Balaban J connectivity index is 2.20. The Morgan fingerprint density at radius 1 is 1.35 bits per heavy atom. The summed E-state index contributed by atoms with van der Waals surface area (Å²) in [4.78, 5) is 4.34. The lowest BCUT2D eigenvalue weighted by molar-refractivity contribution is 0.392. The maximum Gasteiger partial charge on any atom is 0.139 e. The fourth-order valence-electron chi connectivity index (χ4n) is 1.89. The van der Waals surface area contributed by atoms with Crippen LogP contribution in [0.3, 0.4) is 0 Å². The number of anilines is 1. The van der Waals surface area contributed by atoms with Crippen LogP contribution in [0.2, 0.25) is 0 Å². The molecule has 17 heavy (non-hydrogen) atoms. The highest BCUT2D eigenvalue weighted by Crippen LogP contribution is 2.24. The van der Waals surface area contributed by atoms with E-state index in [1.807, 2.05) is 32.0 Å². The van der Waals surface area contributed by atoms with Crippen molar-refractivity contribution in [3.63, 3.8) is 0 Å². The second-order valence-corrected chi connectivity index (χ2v) is 4.76. The standard InChI is InChI=1S/C12H14BrN3O/c1-7(12-8(2)16-17-9(12)3)14-11-6-4-5-10(13)15-11/h4-7H,1-3H3,(H,14,15). The van der Waals surface area contributed by atoms with Crippen LogP contribution in [0.4, 0.5) is 5.82 Å². The van der Waals surface area contributed by atoms with Gasteiger partial charge in [-0.1, -0.05) is 11.2 Å². The van der Waals surface area contributed by atoms with Crippen LogP contribution >= 0.6 is 15.9 Å². The molecule has 0 saturated carbocycles. The number of pyridine rings is 1. The molecule has 4 nitrogen and oxygen atoms in total. The lowest BCUT2D eigenvalue weighted by atomic mass is 10.1. The smallest absolute Gasteiger partial charge is 0.139 e. The van der Waals surface area contributed by atoms with Crippen molar-refractivity contribution in [2.45, 2.75) is 26.8 Å². The van der Waals surface area contributed by atoms with Crippen LogP contribution in [0.25, 0.3) is 0 Å². The van der Waals surface area contributed by atoms with Crippen LogP contribution in [-0.4, -0.2) is 10.1 Å². The van der Waals surface area contributed by atoms with Crippen molar-refractivity contribution in [1.82, 2.24) is 10.1 Å². The number of aromatic nitrogens is 2. The van der Waals surface area contributed by atoms with E-state index in [1.54, 1.807) is 0 Å². The largest absolute Gasteiger partial charge is 0.363 e. The first-order valence-electron chi connectivity index (χ1n) is 5.40. The van der Waals surface area contributed by atoms with Crippen LogP contribution in [0, 0.1) is 13.8 Å². The third kappa shape index (κ3) is 2.66. The molecule has 2 heterocycles. The van der Waals surface area contributed by atoms with E-state index in [2.05, 4.69) is 38.3 Å². The van der Waals surface area contributed by atoms with Crippen molar-refractivity contribution >= 4 is 21.7 Å². The molecule has 0 bridgehead atoms. The Kier molecular flexibility index (Phi) is 3.47. The highest BCUT2D eigenvalue weighted by molar-refractivity contribution is 9.10. The monoisotopic (exact) mass is 295 g/mol. The summed E-state index contributed by atoms with van der Waals surface area (Å²) in [5.41, 5.74) is 2.00. The predicted octanol–water partition coefficient (Wildman–Crippen LogP) is 3.62. The van der Waals surface area contributed by atoms with E-state index in [4.69, 9.17) is 4.52 Å². The van der Waals surface area contributed by atoms with Gasteiger partial charge >= 0.3 is 0 Å². The third-order valence-corrected chi connectivity index (χ3v) is 3.04. The van der Waals surface area contributed by atoms with Gasteiger partial charge in [-0.05, 0) is 48.8 Å². The molecule has 0 spiro atoms. The zero-order chi connectivity index (χ0) is 12.4. The van der Waals surface area contributed by atoms with Crippen molar-refractivity contribution in [3.8, 4) is 0 Å². The Morgan fingerprint density at radius 2 is 2.12 bits per heavy atom. The quantitative estimate of drug-likeness (QED) is 0.879. The van der Waals surface area contributed by atoms with Crippen LogP contribution in [0.1, 0.15) is 30.0 Å². The van der Waals surface area contributed by atoms with E-state index in [-0.39, 0.29) is 6.04 Å². The van der Waals surface area contributed by atoms with Gasteiger partial charge in [-0.25, -0.2) is 4.98 Å². The molecule has 1 unspecified atom stereocenters. The summed E-state index contributed by atoms with van der Waals surface area (Å²) in [7, 11) is 0. The normalized spacial score (nSPS) is 12.5. The molecular weight excluding hydrogens is 282 g/mol. The number of rotatable bonds is 3. The van der Waals surface area contributed by atoms with E-state index >= 15 is 0 Å². The van der Waals surface area contributed by atoms with E-state index in [0.29, 0.717) is 0 Å². The fourth-order valence-corrected chi connectivity index (χ4v) is 2.23. The van der Waals surface area contributed by atoms with Crippen LogP contribution in [-0.2, 0) is 0 Å². The molecule has 2 aromatic rings. The Bertz CT molecular complexity index is 505. The van der Waals surface area contributed by atoms with Gasteiger partial charge in [-0.2, -0.15) is 0 Å². The van der Waals surface area contributed by atoms with Gasteiger partial charge in [0.25, 0.3) is 0 Å². The SMILES string of the molecule is Cc1noc(C)c1C(C)Nc1cccc(Br)n1. The van der Waals surface area contributed by atoms with Crippen molar-refractivity contribution in [2.75, 3.05) is 5.32 Å². The van der Waals surface area contributed by atoms with Crippen LogP contribution in [0.15, 0.2) is 27.3 Å². The molecule has 90 valence electrons. The van der Waals surface area contributed by atoms with Gasteiger partial charge in [0.15, 0.2) is 0 Å². The first-order valence-corrected chi connectivity index (χ1v) is 6.19. The highest BCUT2D eigenvalue weighted by Gasteiger charge is 2.16. The van der Waals surface area contributed by atoms with Crippen molar-refractivity contribution in [2.24, 2.45) is 0 Å². The van der Waals surface area contributed by atoms with Gasteiger partial charge in [-0.3, -0.25) is 0 Å². The molecule has 1 N–H and O–H groups in total. The summed E-state index contributed by atoms with van der Waals surface area (Å²) in [6.45, 7) is 5.93. The lowest BCUT2D eigenvalue weighted by Crippen LogP contribution is -2.09. The molecule has 2 rings (SSSR count).